The van der Waals surface area contributed by atoms with Crippen LogP contribution < -0.4 is 14.5 Å². The standard InChI is InChI=1S/C19H20N4O2S2/c1-14-21-17-12-20-10-9-18(17)23(14)13-15-5-7-16(8-6-15)27(24,25)22(2)19-4-3-11-26-19/h3-12,14,21H,13H2,1-2H3. The van der Waals surface area contributed by atoms with E-state index in [2.05, 4.69) is 22.1 Å². The first-order valence-electron chi connectivity index (χ1n) is 8.55. The van der Waals surface area contributed by atoms with Gasteiger partial charge in [0.15, 0.2) is 0 Å². The van der Waals surface area contributed by atoms with Gasteiger partial charge in [0.1, 0.15) is 5.00 Å². The quantitative estimate of drug-likeness (QED) is 0.707. The molecule has 1 N–H and O–H groups in total. The highest BCUT2D eigenvalue weighted by molar-refractivity contribution is 7.93. The summed E-state index contributed by atoms with van der Waals surface area (Å²) in [6, 6.07) is 12.7. The molecule has 6 nitrogen and oxygen atoms in total. The lowest BCUT2D eigenvalue weighted by Gasteiger charge is -2.24. The molecule has 1 unspecified atom stereocenters. The van der Waals surface area contributed by atoms with Crippen LogP contribution in [0.25, 0.3) is 0 Å². The Hall–Kier alpha value is -2.58. The van der Waals surface area contributed by atoms with Crippen molar-refractivity contribution in [3.05, 3.63) is 65.8 Å². The van der Waals surface area contributed by atoms with E-state index in [1.165, 1.54) is 15.6 Å². The van der Waals surface area contributed by atoms with Gasteiger partial charge in [-0.05, 0) is 48.2 Å². The van der Waals surface area contributed by atoms with Crippen molar-refractivity contribution in [1.82, 2.24) is 4.98 Å². The average molecular weight is 401 g/mol. The highest BCUT2D eigenvalue weighted by Gasteiger charge is 2.26. The molecule has 1 aliphatic heterocycles. The molecule has 1 aliphatic rings. The van der Waals surface area contributed by atoms with Gasteiger partial charge in [0.2, 0.25) is 0 Å². The predicted octanol–water partition coefficient (Wildman–Crippen LogP) is 3.75. The van der Waals surface area contributed by atoms with E-state index >= 15 is 0 Å². The Morgan fingerprint density at radius 2 is 2.00 bits per heavy atom. The monoisotopic (exact) mass is 400 g/mol. The molecule has 0 aliphatic carbocycles. The zero-order valence-corrected chi connectivity index (χ0v) is 16.7. The Kier molecular flexibility index (Phi) is 4.53. The van der Waals surface area contributed by atoms with Crippen LogP contribution in [0.2, 0.25) is 0 Å². The van der Waals surface area contributed by atoms with E-state index < -0.39 is 10.0 Å². The fraction of sp³-hybridized carbons (Fsp3) is 0.211. The Morgan fingerprint density at radius 3 is 2.70 bits per heavy atom. The Balaban J connectivity index is 1.55. The summed E-state index contributed by atoms with van der Waals surface area (Å²) < 4.78 is 26.9. The van der Waals surface area contributed by atoms with Gasteiger partial charge in [-0.2, -0.15) is 0 Å². The van der Waals surface area contributed by atoms with Crippen LogP contribution in [0, 0.1) is 0 Å². The molecule has 140 valence electrons. The van der Waals surface area contributed by atoms with Gasteiger partial charge in [-0.25, -0.2) is 8.42 Å². The van der Waals surface area contributed by atoms with Crippen molar-refractivity contribution in [3.63, 3.8) is 0 Å². The molecule has 0 saturated carbocycles. The van der Waals surface area contributed by atoms with Gasteiger partial charge in [-0.1, -0.05) is 12.1 Å². The average Bonchev–Trinajstić information content (AvgIpc) is 3.30. The van der Waals surface area contributed by atoms with E-state index in [9.17, 15) is 8.42 Å². The second kappa shape index (κ2) is 6.86. The lowest BCUT2D eigenvalue weighted by Crippen LogP contribution is -2.32. The van der Waals surface area contributed by atoms with E-state index in [0.29, 0.717) is 16.4 Å². The first-order valence-corrected chi connectivity index (χ1v) is 10.9. The van der Waals surface area contributed by atoms with Gasteiger partial charge in [0, 0.05) is 19.8 Å². The third kappa shape index (κ3) is 3.26. The molecular weight excluding hydrogens is 380 g/mol. The van der Waals surface area contributed by atoms with E-state index in [4.69, 9.17) is 0 Å². The van der Waals surface area contributed by atoms with Crippen LogP contribution in [0.5, 0.6) is 0 Å². The van der Waals surface area contributed by atoms with Gasteiger partial charge < -0.3 is 10.2 Å². The summed E-state index contributed by atoms with van der Waals surface area (Å²) in [5.74, 6) is 0. The van der Waals surface area contributed by atoms with Gasteiger partial charge in [-0.15, -0.1) is 11.3 Å². The van der Waals surface area contributed by atoms with Crippen molar-refractivity contribution < 1.29 is 8.42 Å². The van der Waals surface area contributed by atoms with Crippen LogP contribution in [0.1, 0.15) is 12.5 Å². The third-order valence-electron chi connectivity index (χ3n) is 4.69. The molecular formula is C19H20N4O2S2. The van der Waals surface area contributed by atoms with Crippen molar-refractivity contribution in [1.29, 1.82) is 0 Å². The first kappa shape index (κ1) is 17.8. The largest absolute Gasteiger partial charge is 0.362 e. The highest BCUT2D eigenvalue weighted by Crippen LogP contribution is 2.34. The molecule has 2 aromatic heterocycles. The van der Waals surface area contributed by atoms with Crippen molar-refractivity contribution in [2.45, 2.75) is 24.5 Å². The Morgan fingerprint density at radius 1 is 1.22 bits per heavy atom. The number of sulfonamides is 1. The molecule has 8 heteroatoms. The normalized spacial score (nSPS) is 16.1. The fourth-order valence-corrected chi connectivity index (χ4v) is 5.29. The summed E-state index contributed by atoms with van der Waals surface area (Å²) >= 11 is 1.40. The molecule has 0 radical (unpaired) electrons. The van der Waals surface area contributed by atoms with Crippen molar-refractivity contribution >= 4 is 37.7 Å². The van der Waals surface area contributed by atoms with Crippen LogP contribution in [0.15, 0.2) is 65.1 Å². The van der Waals surface area contributed by atoms with Gasteiger partial charge >= 0.3 is 0 Å². The Labute approximate surface area is 163 Å². The minimum atomic E-state index is -3.56. The molecule has 0 amide bonds. The second-order valence-electron chi connectivity index (χ2n) is 6.41. The highest BCUT2D eigenvalue weighted by atomic mass is 32.2. The summed E-state index contributed by atoms with van der Waals surface area (Å²) in [5, 5.41) is 5.96. The number of fused-ring (bicyclic) bond motifs is 1. The second-order valence-corrected chi connectivity index (χ2v) is 9.30. The molecule has 3 heterocycles. The van der Waals surface area contributed by atoms with Crippen LogP contribution in [-0.4, -0.2) is 26.6 Å². The van der Waals surface area contributed by atoms with E-state index in [0.717, 1.165) is 16.9 Å². The Bertz CT molecular complexity index is 1030. The van der Waals surface area contributed by atoms with Gasteiger partial charge in [-0.3, -0.25) is 9.29 Å². The smallest absolute Gasteiger partial charge is 0.264 e. The maximum atomic E-state index is 12.8. The molecule has 0 spiro atoms. The maximum absolute atomic E-state index is 12.8. The lowest BCUT2D eigenvalue weighted by atomic mass is 10.2. The van der Waals surface area contributed by atoms with Crippen LogP contribution in [-0.2, 0) is 16.6 Å². The molecule has 27 heavy (non-hydrogen) atoms. The SMILES string of the molecule is CC1Nc2cnccc2N1Cc1ccc(S(=O)(=O)N(C)c2cccs2)cc1. The summed E-state index contributed by atoms with van der Waals surface area (Å²) in [4.78, 5) is 6.67. The lowest BCUT2D eigenvalue weighted by molar-refractivity contribution is 0.594. The molecule has 0 saturated heterocycles. The zero-order valence-electron chi connectivity index (χ0n) is 15.0. The number of benzene rings is 1. The fourth-order valence-electron chi connectivity index (χ4n) is 3.17. The number of pyridine rings is 1. The molecule has 0 bridgehead atoms. The third-order valence-corrected chi connectivity index (χ3v) is 7.54. The van der Waals surface area contributed by atoms with Gasteiger partial charge in [0.25, 0.3) is 10.0 Å². The summed E-state index contributed by atoms with van der Waals surface area (Å²) in [6.45, 7) is 2.78. The summed E-state index contributed by atoms with van der Waals surface area (Å²) in [7, 11) is -1.97. The number of rotatable bonds is 5. The number of nitrogens with zero attached hydrogens (tertiary/aromatic N) is 3. The molecule has 1 aromatic carbocycles. The van der Waals surface area contributed by atoms with Crippen LogP contribution in [0.3, 0.4) is 0 Å². The van der Waals surface area contributed by atoms with Crippen molar-refractivity contribution in [3.8, 4) is 0 Å². The first-order chi connectivity index (χ1) is 13.0. The van der Waals surface area contributed by atoms with E-state index in [-0.39, 0.29) is 6.17 Å². The van der Waals surface area contributed by atoms with E-state index in [1.54, 1.807) is 31.4 Å². The number of thiophene rings is 1. The zero-order chi connectivity index (χ0) is 19.0. The number of hydrogen-bond acceptors (Lipinski definition) is 6. The number of aromatic nitrogens is 1. The van der Waals surface area contributed by atoms with Crippen molar-refractivity contribution in [2.24, 2.45) is 0 Å². The predicted molar refractivity (Wildman–Crippen MR) is 110 cm³/mol. The van der Waals surface area contributed by atoms with Crippen LogP contribution in [0.4, 0.5) is 16.4 Å². The topological polar surface area (TPSA) is 65.5 Å². The molecule has 4 rings (SSSR count). The molecule has 0 fully saturated rings. The minimum Gasteiger partial charge on any atom is -0.362 e. The minimum absolute atomic E-state index is 0.151. The maximum Gasteiger partial charge on any atom is 0.264 e. The molecule has 1 atom stereocenters. The van der Waals surface area contributed by atoms with Crippen LogP contribution >= 0.6 is 11.3 Å². The summed E-state index contributed by atoms with van der Waals surface area (Å²) in [5.41, 5.74) is 3.17. The number of anilines is 3. The number of nitrogens with one attached hydrogen (secondary N) is 1. The van der Waals surface area contributed by atoms with Crippen molar-refractivity contribution in [2.75, 3.05) is 21.6 Å². The van der Waals surface area contributed by atoms with E-state index in [1.807, 2.05) is 35.8 Å². The molecule has 3 aromatic rings. The van der Waals surface area contributed by atoms with Gasteiger partial charge in [0.05, 0.1) is 28.6 Å². The number of hydrogen-bond donors (Lipinski definition) is 1. The summed E-state index contributed by atoms with van der Waals surface area (Å²) in [6.07, 6.45) is 3.75.